The van der Waals surface area contributed by atoms with Crippen molar-refractivity contribution in [3.05, 3.63) is 35.5 Å². The number of nitrogens with one attached hydrogen (secondary N) is 2. The lowest BCUT2D eigenvalue weighted by molar-refractivity contribution is -0.118. The first-order chi connectivity index (χ1) is 18.8. The summed E-state index contributed by atoms with van der Waals surface area (Å²) in [6.45, 7) is 5.32. The van der Waals surface area contributed by atoms with E-state index in [-0.39, 0.29) is 35.2 Å². The van der Waals surface area contributed by atoms with Gasteiger partial charge in [0.15, 0.2) is 5.82 Å². The molecule has 3 aliphatic rings. The summed E-state index contributed by atoms with van der Waals surface area (Å²) in [7, 11) is 1.70. The summed E-state index contributed by atoms with van der Waals surface area (Å²) in [6, 6.07) is 2.08. The predicted molar refractivity (Wildman–Crippen MR) is 147 cm³/mol. The van der Waals surface area contributed by atoms with Gasteiger partial charge in [0.1, 0.15) is 17.3 Å². The number of anilines is 4. The summed E-state index contributed by atoms with van der Waals surface area (Å²) < 4.78 is 30.1. The summed E-state index contributed by atoms with van der Waals surface area (Å²) in [6.07, 6.45) is 8.95. The molecule has 1 aromatic heterocycles. The van der Waals surface area contributed by atoms with Gasteiger partial charge in [-0.2, -0.15) is 4.98 Å². The molecular formula is C28H37F2N7O2. The van der Waals surface area contributed by atoms with E-state index in [4.69, 9.17) is 0 Å². The molecule has 0 bridgehead atoms. The first-order valence-electron chi connectivity index (χ1n) is 14.0. The highest BCUT2D eigenvalue weighted by atomic mass is 19.1. The number of fused-ring (bicyclic) bond motifs is 1. The third-order valence-corrected chi connectivity index (χ3v) is 8.26. The van der Waals surface area contributed by atoms with Crippen molar-refractivity contribution in [3.8, 4) is 0 Å². The van der Waals surface area contributed by atoms with Crippen molar-refractivity contribution in [1.29, 1.82) is 0 Å². The molecule has 0 unspecified atom stereocenters. The van der Waals surface area contributed by atoms with Crippen molar-refractivity contribution in [2.24, 2.45) is 0 Å². The number of likely N-dealkylation sites (tertiary alicyclic amines) is 1. The van der Waals surface area contributed by atoms with Crippen LogP contribution < -0.4 is 20.4 Å². The van der Waals surface area contributed by atoms with E-state index in [0.29, 0.717) is 24.5 Å². The Hall–Kier alpha value is -3.34. The van der Waals surface area contributed by atoms with E-state index in [1.807, 2.05) is 0 Å². The molecule has 9 nitrogen and oxygen atoms in total. The van der Waals surface area contributed by atoms with Crippen molar-refractivity contribution in [1.82, 2.24) is 20.2 Å². The van der Waals surface area contributed by atoms with E-state index in [0.717, 1.165) is 70.3 Å². The molecule has 2 amide bonds. The number of aromatic nitrogens is 2. The lowest BCUT2D eigenvalue weighted by Crippen LogP contribution is -2.44. The van der Waals surface area contributed by atoms with Crippen molar-refractivity contribution in [2.75, 3.05) is 48.3 Å². The van der Waals surface area contributed by atoms with Crippen LogP contribution in [0.2, 0.25) is 0 Å². The number of rotatable bonds is 6. The van der Waals surface area contributed by atoms with Gasteiger partial charge in [0, 0.05) is 51.3 Å². The first kappa shape index (κ1) is 27.2. The molecule has 39 heavy (non-hydrogen) atoms. The molecule has 210 valence electrons. The van der Waals surface area contributed by atoms with Gasteiger partial charge in [0.25, 0.3) is 5.91 Å². The maximum atomic E-state index is 15.1. The van der Waals surface area contributed by atoms with E-state index >= 15 is 8.78 Å². The van der Waals surface area contributed by atoms with Crippen LogP contribution in [0.25, 0.3) is 0 Å². The molecule has 2 fully saturated rings. The molecule has 1 aliphatic carbocycles. The minimum Gasteiger partial charge on any atom is -0.351 e. The molecule has 1 saturated heterocycles. The average Bonchev–Trinajstić information content (AvgIpc) is 3.07. The SMILES string of the molecule is CCN1CCC(NC(=O)c2cc(F)c(Nc3ncc4c(n3)N(C3CCCCC3)CCC(=O)N4C)cc2F)CC1. The Kier molecular flexibility index (Phi) is 8.25. The standard InChI is InChI=1S/C28H37F2N7O2/c1-3-36-12-9-18(10-13-36)32-27(39)20-15-22(30)23(16-21(20)29)33-28-31-17-24-26(34-28)37(14-11-25(38)35(24)2)19-7-5-4-6-8-19/h15-19H,3-14H2,1-2H3,(H,32,39)(H,31,33,34). The summed E-state index contributed by atoms with van der Waals surface area (Å²) in [5, 5.41) is 5.63. The van der Waals surface area contributed by atoms with Crippen LogP contribution >= 0.6 is 0 Å². The second-order valence-electron chi connectivity index (χ2n) is 10.7. The van der Waals surface area contributed by atoms with E-state index in [2.05, 4.69) is 37.3 Å². The van der Waals surface area contributed by atoms with Gasteiger partial charge in [-0.3, -0.25) is 9.59 Å². The van der Waals surface area contributed by atoms with E-state index < -0.39 is 17.5 Å². The number of hydrogen-bond acceptors (Lipinski definition) is 7. The van der Waals surface area contributed by atoms with Crippen LogP contribution in [0.15, 0.2) is 18.3 Å². The van der Waals surface area contributed by atoms with Crippen LogP contribution in [0.4, 0.5) is 31.9 Å². The minimum atomic E-state index is -0.827. The first-order valence-corrected chi connectivity index (χ1v) is 14.0. The third kappa shape index (κ3) is 5.98. The van der Waals surface area contributed by atoms with Crippen molar-refractivity contribution in [3.63, 3.8) is 0 Å². The number of piperidine rings is 1. The van der Waals surface area contributed by atoms with Gasteiger partial charge in [0.05, 0.1) is 17.4 Å². The molecule has 1 saturated carbocycles. The number of hydrogen-bond donors (Lipinski definition) is 2. The van der Waals surface area contributed by atoms with E-state index in [1.165, 1.54) is 6.42 Å². The molecule has 2 aliphatic heterocycles. The highest BCUT2D eigenvalue weighted by molar-refractivity contribution is 5.97. The topological polar surface area (TPSA) is 93.7 Å². The molecule has 3 heterocycles. The van der Waals surface area contributed by atoms with Gasteiger partial charge in [-0.25, -0.2) is 13.8 Å². The summed E-state index contributed by atoms with van der Waals surface area (Å²) >= 11 is 0. The van der Waals surface area contributed by atoms with Crippen LogP contribution in [0.5, 0.6) is 0 Å². The van der Waals surface area contributed by atoms with E-state index in [9.17, 15) is 9.59 Å². The fourth-order valence-electron chi connectivity index (χ4n) is 5.84. The third-order valence-electron chi connectivity index (χ3n) is 8.26. The maximum absolute atomic E-state index is 15.1. The Morgan fingerprint density at radius 2 is 1.79 bits per heavy atom. The number of benzene rings is 1. The van der Waals surface area contributed by atoms with Crippen molar-refractivity contribution < 1.29 is 18.4 Å². The largest absolute Gasteiger partial charge is 0.351 e. The maximum Gasteiger partial charge on any atom is 0.254 e. The lowest BCUT2D eigenvalue weighted by Gasteiger charge is -2.35. The Labute approximate surface area is 228 Å². The fraction of sp³-hybridized carbons (Fsp3) is 0.571. The lowest BCUT2D eigenvalue weighted by atomic mass is 9.94. The number of halogens is 2. The van der Waals surface area contributed by atoms with Crippen LogP contribution in [0, 0.1) is 11.6 Å². The quantitative estimate of drug-likeness (QED) is 0.566. The van der Waals surface area contributed by atoms with Crippen LogP contribution in [-0.2, 0) is 4.79 Å². The Morgan fingerprint density at radius 3 is 2.51 bits per heavy atom. The number of carbonyl (C=O) groups is 2. The zero-order chi connectivity index (χ0) is 27.5. The molecule has 2 aromatic rings. The Bertz CT molecular complexity index is 1210. The van der Waals surface area contributed by atoms with Crippen LogP contribution in [-0.4, -0.2) is 72.0 Å². The Morgan fingerprint density at radius 1 is 1.05 bits per heavy atom. The van der Waals surface area contributed by atoms with Gasteiger partial charge in [-0.1, -0.05) is 26.2 Å². The Balaban J connectivity index is 1.35. The smallest absolute Gasteiger partial charge is 0.254 e. The zero-order valence-corrected chi connectivity index (χ0v) is 22.7. The van der Waals surface area contributed by atoms with Crippen molar-refractivity contribution in [2.45, 2.75) is 70.4 Å². The molecule has 0 atom stereocenters. The second-order valence-corrected chi connectivity index (χ2v) is 10.7. The molecular weight excluding hydrogens is 504 g/mol. The van der Waals surface area contributed by atoms with Gasteiger partial charge in [-0.15, -0.1) is 0 Å². The van der Waals surface area contributed by atoms with Crippen LogP contribution in [0.3, 0.4) is 0 Å². The van der Waals surface area contributed by atoms with Gasteiger partial charge in [0.2, 0.25) is 11.9 Å². The normalized spacial score (nSPS) is 19.5. The summed E-state index contributed by atoms with van der Waals surface area (Å²) in [4.78, 5) is 40.3. The number of nitrogens with zero attached hydrogens (tertiary/aromatic N) is 5. The monoisotopic (exact) mass is 541 g/mol. The molecule has 5 rings (SSSR count). The molecule has 11 heteroatoms. The predicted octanol–water partition coefficient (Wildman–Crippen LogP) is 4.22. The van der Waals surface area contributed by atoms with Crippen molar-refractivity contribution >= 4 is 35.0 Å². The second kappa shape index (κ2) is 11.8. The van der Waals surface area contributed by atoms with E-state index in [1.54, 1.807) is 18.1 Å². The van der Waals surface area contributed by atoms with Crippen LogP contribution in [0.1, 0.15) is 68.6 Å². The molecule has 2 N–H and O–H groups in total. The highest BCUT2D eigenvalue weighted by Crippen LogP contribution is 2.36. The van der Waals surface area contributed by atoms with Gasteiger partial charge in [-0.05, 0) is 38.3 Å². The molecule has 0 spiro atoms. The highest BCUT2D eigenvalue weighted by Gasteiger charge is 2.31. The molecule has 1 aromatic carbocycles. The summed E-state index contributed by atoms with van der Waals surface area (Å²) in [5.74, 6) is -1.54. The minimum absolute atomic E-state index is 0.0169. The average molecular weight is 542 g/mol. The fourth-order valence-corrected chi connectivity index (χ4v) is 5.84. The summed E-state index contributed by atoms with van der Waals surface area (Å²) in [5.41, 5.74) is 0.0991. The van der Waals surface area contributed by atoms with Gasteiger partial charge >= 0.3 is 0 Å². The van der Waals surface area contributed by atoms with Gasteiger partial charge < -0.3 is 25.3 Å². The number of amides is 2. The zero-order valence-electron chi connectivity index (χ0n) is 22.7. The molecule has 0 radical (unpaired) electrons. The number of carbonyl (C=O) groups excluding carboxylic acids is 2.